The number of nitrogens with two attached hydrogens (primary N) is 1. The minimum atomic E-state index is -0.342. The highest BCUT2D eigenvalue weighted by atomic mass is 32.1. The molecule has 82 valence electrons. The Balaban J connectivity index is 2.28. The van der Waals surface area contributed by atoms with E-state index in [1.165, 1.54) is 16.9 Å². The van der Waals surface area contributed by atoms with E-state index in [4.69, 9.17) is 5.73 Å². The van der Waals surface area contributed by atoms with Gasteiger partial charge in [0, 0.05) is 10.9 Å². The number of hydrogen-bond acceptors (Lipinski definition) is 3. The zero-order valence-electron chi connectivity index (χ0n) is 8.93. The summed E-state index contributed by atoms with van der Waals surface area (Å²) in [5.41, 5.74) is 8.30. The number of benzene rings is 1. The van der Waals surface area contributed by atoms with E-state index in [2.05, 4.69) is 11.1 Å². The number of rotatable bonds is 3. The summed E-state index contributed by atoms with van der Waals surface area (Å²) in [5.74, 6) is -0.342. The largest absolute Gasteiger partial charge is 0.369 e. The normalized spacial score (nSPS) is 10.3. The van der Waals surface area contributed by atoms with Gasteiger partial charge in [-0.2, -0.15) is 0 Å². The summed E-state index contributed by atoms with van der Waals surface area (Å²) in [6.45, 7) is 2.04. The molecule has 16 heavy (non-hydrogen) atoms. The molecule has 1 aromatic carbocycles. The van der Waals surface area contributed by atoms with Gasteiger partial charge in [-0.3, -0.25) is 4.79 Å². The number of carbonyl (C=O) groups excluding carboxylic acids is 1. The molecule has 4 heteroatoms. The number of amides is 1. The minimum Gasteiger partial charge on any atom is -0.369 e. The Morgan fingerprint density at radius 2 is 2.31 bits per heavy atom. The van der Waals surface area contributed by atoms with Crippen molar-refractivity contribution in [3.05, 3.63) is 40.2 Å². The Bertz CT molecular complexity index is 519. The van der Waals surface area contributed by atoms with Gasteiger partial charge in [0.15, 0.2) is 0 Å². The van der Waals surface area contributed by atoms with Crippen molar-refractivity contribution in [2.75, 3.05) is 0 Å². The molecule has 3 nitrogen and oxygen atoms in total. The molecule has 0 bridgehead atoms. The average Bonchev–Trinajstić information content (AvgIpc) is 2.65. The smallest absolute Gasteiger partial charge is 0.224 e. The number of thiazole rings is 1. The van der Waals surface area contributed by atoms with Crippen LogP contribution < -0.4 is 5.73 Å². The SMILES string of the molecule is Cc1cccc(-c2csc(CC(N)=O)n2)c1. The molecule has 2 aromatic rings. The van der Waals surface area contributed by atoms with Crippen LogP contribution in [0.5, 0.6) is 0 Å². The van der Waals surface area contributed by atoms with Gasteiger partial charge < -0.3 is 5.73 Å². The van der Waals surface area contributed by atoms with Crippen LogP contribution in [-0.4, -0.2) is 10.9 Å². The molecule has 0 atom stereocenters. The molecule has 1 aromatic heterocycles. The predicted octanol–water partition coefficient (Wildman–Crippen LogP) is 2.15. The van der Waals surface area contributed by atoms with Crippen molar-refractivity contribution >= 4 is 17.2 Å². The first-order valence-corrected chi connectivity index (χ1v) is 5.83. The van der Waals surface area contributed by atoms with Crippen molar-refractivity contribution in [2.45, 2.75) is 13.3 Å². The van der Waals surface area contributed by atoms with Crippen molar-refractivity contribution < 1.29 is 4.79 Å². The average molecular weight is 232 g/mol. The number of primary amides is 1. The van der Waals surface area contributed by atoms with Crippen LogP contribution in [0.4, 0.5) is 0 Å². The van der Waals surface area contributed by atoms with Crippen molar-refractivity contribution in [1.82, 2.24) is 4.98 Å². The second-order valence-electron chi connectivity index (χ2n) is 3.64. The fourth-order valence-electron chi connectivity index (χ4n) is 1.48. The third kappa shape index (κ3) is 2.46. The maximum Gasteiger partial charge on any atom is 0.224 e. The number of hydrogen-bond donors (Lipinski definition) is 1. The first-order valence-electron chi connectivity index (χ1n) is 4.95. The van der Waals surface area contributed by atoms with Crippen LogP contribution in [0, 0.1) is 6.92 Å². The van der Waals surface area contributed by atoms with E-state index < -0.39 is 0 Å². The molecule has 0 aliphatic rings. The lowest BCUT2D eigenvalue weighted by molar-refractivity contribution is -0.117. The van der Waals surface area contributed by atoms with Crippen LogP contribution in [0.15, 0.2) is 29.6 Å². The molecule has 0 aliphatic heterocycles. The summed E-state index contributed by atoms with van der Waals surface area (Å²) in [4.78, 5) is 15.1. The zero-order valence-corrected chi connectivity index (χ0v) is 9.75. The van der Waals surface area contributed by atoms with Crippen LogP contribution in [0.25, 0.3) is 11.3 Å². The van der Waals surface area contributed by atoms with Crippen molar-refractivity contribution in [3.63, 3.8) is 0 Å². The molecule has 0 spiro atoms. The van der Waals surface area contributed by atoms with Gasteiger partial charge in [0.25, 0.3) is 0 Å². The Labute approximate surface area is 97.9 Å². The minimum absolute atomic E-state index is 0.219. The van der Waals surface area contributed by atoms with Crippen LogP contribution in [0.2, 0.25) is 0 Å². The van der Waals surface area contributed by atoms with Gasteiger partial charge >= 0.3 is 0 Å². The number of nitrogens with zero attached hydrogens (tertiary/aromatic N) is 1. The van der Waals surface area contributed by atoms with Crippen LogP contribution in [-0.2, 0) is 11.2 Å². The highest BCUT2D eigenvalue weighted by Crippen LogP contribution is 2.22. The first kappa shape index (κ1) is 10.8. The highest BCUT2D eigenvalue weighted by Gasteiger charge is 2.06. The Kier molecular flexibility index (Phi) is 3.01. The monoisotopic (exact) mass is 232 g/mol. The molecule has 1 heterocycles. The maximum absolute atomic E-state index is 10.8. The zero-order chi connectivity index (χ0) is 11.5. The summed E-state index contributed by atoms with van der Waals surface area (Å²) in [6, 6.07) is 8.12. The Morgan fingerprint density at radius 3 is 3.00 bits per heavy atom. The molecule has 0 saturated heterocycles. The van der Waals surface area contributed by atoms with Gasteiger partial charge in [0.2, 0.25) is 5.91 Å². The molecular weight excluding hydrogens is 220 g/mol. The molecular formula is C12H12N2OS. The van der Waals surface area contributed by atoms with Crippen molar-refractivity contribution in [1.29, 1.82) is 0 Å². The molecule has 1 amide bonds. The van der Waals surface area contributed by atoms with E-state index in [-0.39, 0.29) is 12.3 Å². The van der Waals surface area contributed by atoms with Crippen molar-refractivity contribution in [3.8, 4) is 11.3 Å². The molecule has 0 radical (unpaired) electrons. The number of aromatic nitrogens is 1. The standard InChI is InChI=1S/C12H12N2OS/c1-8-3-2-4-9(5-8)10-7-16-12(14-10)6-11(13)15/h2-5,7H,6H2,1H3,(H2,13,15). The number of carbonyl (C=O) groups is 1. The molecule has 2 rings (SSSR count). The summed E-state index contributed by atoms with van der Waals surface area (Å²) >= 11 is 1.47. The lowest BCUT2D eigenvalue weighted by Crippen LogP contribution is -2.13. The van der Waals surface area contributed by atoms with E-state index in [1.54, 1.807) is 0 Å². The van der Waals surface area contributed by atoms with E-state index in [1.807, 2.05) is 30.5 Å². The summed E-state index contributed by atoms with van der Waals surface area (Å²) < 4.78 is 0. The number of aryl methyl sites for hydroxylation is 1. The van der Waals surface area contributed by atoms with E-state index in [9.17, 15) is 4.79 Å². The quantitative estimate of drug-likeness (QED) is 0.881. The lowest BCUT2D eigenvalue weighted by Gasteiger charge is -1.97. The first-order chi connectivity index (χ1) is 7.65. The molecule has 0 fully saturated rings. The van der Waals surface area contributed by atoms with Crippen LogP contribution in [0.1, 0.15) is 10.6 Å². The molecule has 0 saturated carbocycles. The van der Waals surface area contributed by atoms with Gasteiger partial charge in [-0.05, 0) is 13.0 Å². The molecule has 0 aliphatic carbocycles. The fourth-order valence-corrected chi connectivity index (χ4v) is 2.29. The Hall–Kier alpha value is -1.68. The Morgan fingerprint density at radius 1 is 1.50 bits per heavy atom. The van der Waals surface area contributed by atoms with Gasteiger partial charge in [0.1, 0.15) is 5.01 Å². The highest BCUT2D eigenvalue weighted by molar-refractivity contribution is 7.10. The van der Waals surface area contributed by atoms with Crippen molar-refractivity contribution in [2.24, 2.45) is 5.73 Å². The van der Waals surface area contributed by atoms with Gasteiger partial charge in [-0.15, -0.1) is 11.3 Å². The predicted molar refractivity (Wildman–Crippen MR) is 65.2 cm³/mol. The second kappa shape index (κ2) is 4.45. The summed E-state index contributed by atoms with van der Waals surface area (Å²) in [7, 11) is 0. The second-order valence-corrected chi connectivity index (χ2v) is 4.58. The van der Waals surface area contributed by atoms with Gasteiger partial charge in [0.05, 0.1) is 12.1 Å². The molecule has 0 unspecified atom stereocenters. The van der Waals surface area contributed by atoms with Gasteiger partial charge in [-0.1, -0.05) is 23.8 Å². The summed E-state index contributed by atoms with van der Waals surface area (Å²) in [5, 5.41) is 2.72. The topological polar surface area (TPSA) is 56.0 Å². The third-order valence-corrected chi connectivity index (χ3v) is 3.04. The third-order valence-electron chi connectivity index (χ3n) is 2.19. The van der Waals surface area contributed by atoms with Gasteiger partial charge in [-0.25, -0.2) is 4.98 Å². The van der Waals surface area contributed by atoms with Crippen LogP contribution in [0.3, 0.4) is 0 Å². The maximum atomic E-state index is 10.8. The lowest BCUT2D eigenvalue weighted by atomic mass is 10.1. The summed E-state index contributed by atoms with van der Waals surface area (Å²) in [6.07, 6.45) is 0.219. The van der Waals surface area contributed by atoms with E-state index >= 15 is 0 Å². The van der Waals surface area contributed by atoms with E-state index in [0.717, 1.165) is 16.3 Å². The fraction of sp³-hybridized carbons (Fsp3) is 0.167. The van der Waals surface area contributed by atoms with E-state index in [0.29, 0.717) is 0 Å². The molecule has 2 N–H and O–H groups in total. The van der Waals surface area contributed by atoms with Crippen LogP contribution >= 0.6 is 11.3 Å².